The van der Waals surface area contributed by atoms with E-state index in [1.54, 1.807) is 0 Å². The molecule has 0 spiro atoms. The van der Waals surface area contributed by atoms with Crippen LogP contribution in [0.25, 0.3) is 132 Å². The minimum absolute atomic E-state index is 0.902. The Morgan fingerprint density at radius 3 is 1.37 bits per heavy atom. The lowest BCUT2D eigenvalue weighted by Gasteiger charge is -2.17. The molecule has 0 aliphatic heterocycles. The van der Waals surface area contributed by atoms with Crippen LogP contribution < -0.4 is 0 Å². The molecule has 11 aromatic carbocycles. The van der Waals surface area contributed by atoms with Gasteiger partial charge in [0.05, 0.1) is 33.5 Å². The summed E-state index contributed by atoms with van der Waals surface area (Å²) in [5.74, 6) is 0. The Kier molecular flexibility index (Phi) is 9.21. The minimum atomic E-state index is 0.902. The van der Waals surface area contributed by atoms with E-state index in [4.69, 9.17) is 4.98 Å². The highest BCUT2D eigenvalue weighted by Gasteiger charge is 2.20. The second-order valence-electron chi connectivity index (χ2n) is 18.3. The number of pyridine rings is 1. The van der Waals surface area contributed by atoms with Crippen LogP contribution in [0.2, 0.25) is 0 Å². The summed E-state index contributed by atoms with van der Waals surface area (Å²) >= 11 is 0. The average molecular weight is 890 g/mol. The summed E-state index contributed by atoms with van der Waals surface area (Å²) in [6, 6.07) is 95.0. The number of rotatable bonds is 7. The van der Waals surface area contributed by atoms with Gasteiger partial charge in [-0.15, -0.1) is 0 Å². The molecule has 14 aromatic rings. The molecule has 3 nitrogen and oxygen atoms in total. The van der Waals surface area contributed by atoms with Crippen LogP contribution in [0, 0.1) is 0 Å². The molecule has 0 saturated heterocycles. The van der Waals surface area contributed by atoms with Crippen LogP contribution in [-0.4, -0.2) is 14.1 Å². The second-order valence-corrected chi connectivity index (χ2v) is 18.3. The molecule has 0 aliphatic rings. The van der Waals surface area contributed by atoms with Crippen LogP contribution in [0.1, 0.15) is 0 Å². The number of hydrogen-bond acceptors (Lipinski definition) is 1. The lowest BCUT2D eigenvalue weighted by molar-refractivity contribution is 1.18. The van der Waals surface area contributed by atoms with Crippen molar-refractivity contribution >= 4 is 65.2 Å². The van der Waals surface area contributed by atoms with Gasteiger partial charge in [-0.05, 0) is 128 Å². The van der Waals surface area contributed by atoms with Crippen LogP contribution in [-0.2, 0) is 0 Å². The Morgan fingerprint density at radius 2 is 0.700 bits per heavy atom. The first-order valence-electron chi connectivity index (χ1n) is 24.0. The molecule has 14 rings (SSSR count). The first kappa shape index (κ1) is 39.8. The van der Waals surface area contributed by atoms with E-state index in [9.17, 15) is 0 Å². The van der Waals surface area contributed by atoms with E-state index in [0.717, 1.165) is 67.1 Å². The van der Waals surface area contributed by atoms with E-state index < -0.39 is 0 Å². The molecular weight excluding hydrogens is 847 g/mol. The van der Waals surface area contributed by atoms with Crippen molar-refractivity contribution in [2.45, 2.75) is 0 Å². The molecule has 0 saturated carbocycles. The molecule has 3 heteroatoms. The zero-order chi connectivity index (χ0) is 46.1. The van der Waals surface area contributed by atoms with E-state index >= 15 is 0 Å². The van der Waals surface area contributed by atoms with Crippen molar-refractivity contribution in [3.05, 3.63) is 261 Å². The number of para-hydroxylation sites is 3. The van der Waals surface area contributed by atoms with Crippen molar-refractivity contribution in [2.75, 3.05) is 0 Å². The Labute approximate surface area is 405 Å². The molecule has 0 aliphatic carbocycles. The van der Waals surface area contributed by atoms with Gasteiger partial charge in [0.15, 0.2) is 0 Å². The maximum Gasteiger partial charge on any atom is 0.0716 e. The predicted molar refractivity (Wildman–Crippen MR) is 295 cm³/mol. The zero-order valence-electron chi connectivity index (χ0n) is 38.2. The summed E-state index contributed by atoms with van der Waals surface area (Å²) in [5, 5.41) is 9.79. The maximum atomic E-state index is 5.69. The lowest BCUT2D eigenvalue weighted by Crippen LogP contribution is -1.98. The van der Waals surface area contributed by atoms with Crippen LogP contribution in [0.3, 0.4) is 0 Å². The number of benzene rings is 11. The molecule has 0 radical (unpaired) electrons. The summed E-state index contributed by atoms with van der Waals surface area (Å²) < 4.78 is 4.85. The largest absolute Gasteiger partial charge is 0.309 e. The summed E-state index contributed by atoms with van der Waals surface area (Å²) in [6.45, 7) is 0. The van der Waals surface area contributed by atoms with Gasteiger partial charge in [0.2, 0.25) is 0 Å². The Hall–Kier alpha value is -9.31. The van der Waals surface area contributed by atoms with E-state index in [1.165, 1.54) is 65.3 Å². The van der Waals surface area contributed by atoms with Crippen LogP contribution in [0.15, 0.2) is 261 Å². The molecule has 0 atom stereocenters. The van der Waals surface area contributed by atoms with Crippen molar-refractivity contribution in [3.8, 4) is 67.3 Å². The average Bonchev–Trinajstić information content (AvgIpc) is 3.95. The van der Waals surface area contributed by atoms with E-state index in [-0.39, 0.29) is 0 Å². The quantitative estimate of drug-likeness (QED) is 0.146. The molecule has 3 heterocycles. The highest BCUT2D eigenvalue weighted by molar-refractivity contribution is 6.15. The number of aromatic nitrogens is 3. The van der Waals surface area contributed by atoms with Gasteiger partial charge in [-0.1, -0.05) is 188 Å². The molecule has 0 amide bonds. The van der Waals surface area contributed by atoms with Gasteiger partial charge >= 0.3 is 0 Å². The fraction of sp³-hybridized carbons (Fsp3) is 0. The standard InChI is InChI=1S/C67H43N3/c1-4-18-44(19-5-1)46-32-34-59-58-29-15-17-31-65(58)70(66(59)42-46)53-37-50(61-39-47-22-10-11-25-54(47)55-26-12-13-27-56(55)61)36-51(38-53)63-41-49(45-20-6-2-7-21-45)40-62(68-63)48-33-35-60-57-28-14-16-30-64(57)69(67(60)43-48)52-23-8-3-9-24-52/h1-43H. The fourth-order valence-corrected chi connectivity index (χ4v) is 11.0. The van der Waals surface area contributed by atoms with Gasteiger partial charge in [0.25, 0.3) is 0 Å². The van der Waals surface area contributed by atoms with Crippen LogP contribution >= 0.6 is 0 Å². The third-order valence-electron chi connectivity index (χ3n) is 14.2. The first-order chi connectivity index (χ1) is 34.7. The van der Waals surface area contributed by atoms with Gasteiger partial charge in [-0.25, -0.2) is 4.98 Å². The van der Waals surface area contributed by atoms with Crippen molar-refractivity contribution in [2.24, 2.45) is 0 Å². The maximum absolute atomic E-state index is 5.69. The third-order valence-corrected chi connectivity index (χ3v) is 14.2. The molecule has 0 N–H and O–H groups in total. The minimum Gasteiger partial charge on any atom is -0.309 e. The first-order valence-corrected chi connectivity index (χ1v) is 24.0. The summed E-state index contributed by atoms with van der Waals surface area (Å²) in [6.07, 6.45) is 0. The number of fused-ring (bicyclic) bond motifs is 9. The van der Waals surface area contributed by atoms with Gasteiger partial charge in [0.1, 0.15) is 0 Å². The van der Waals surface area contributed by atoms with Crippen molar-refractivity contribution in [1.29, 1.82) is 0 Å². The molecule has 0 unspecified atom stereocenters. The fourth-order valence-electron chi connectivity index (χ4n) is 11.0. The highest BCUT2D eigenvalue weighted by Crippen LogP contribution is 2.42. The van der Waals surface area contributed by atoms with Crippen LogP contribution in [0.4, 0.5) is 0 Å². The molecule has 0 bridgehead atoms. The van der Waals surface area contributed by atoms with E-state index in [0.29, 0.717) is 0 Å². The highest BCUT2D eigenvalue weighted by atomic mass is 15.0. The molecule has 3 aromatic heterocycles. The van der Waals surface area contributed by atoms with E-state index in [1.807, 2.05) is 0 Å². The predicted octanol–water partition coefficient (Wildman–Crippen LogP) is 17.9. The van der Waals surface area contributed by atoms with Crippen molar-refractivity contribution < 1.29 is 0 Å². The topological polar surface area (TPSA) is 22.8 Å². The third kappa shape index (κ3) is 6.55. The normalized spacial score (nSPS) is 11.7. The number of hydrogen-bond donors (Lipinski definition) is 0. The van der Waals surface area contributed by atoms with Gasteiger partial charge in [-0.2, -0.15) is 0 Å². The zero-order valence-corrected chi connectivity index (χ0v) is 38.2. The number of nitrogens with zero attached hydrogens (tertiary/aromatic N) is 3. The monoisotopic (exact) mass is 889 g/mol. The molecule has 0 fully saturated rings. The van der Waals surface area contributed by atoms with Gasteiger partial charge in [-0.3, -0.25) is 0 Å². The molecular formula is C67H43N3. The SMILES string of the molecule is c1ccc(-c2cc(-c3cc(-c4cc5ccccc5c5ccccc45)cc(-n4c5ccccc5c5ccc(-c6ccccc6)cc54)c3)nc(-c3ccc4c5ccccc5n(-c5ccccc5)c4c3)c2)cc1. The summed E-state index contributed by atoms with van der Waals surface area (Å²) in [5.41, 5.74) is 17.7. The van der Waals surface area contributed by atoms with E-state index in [2.05, 4.69) is 270 Å². The molecule has 70 heavy (non-hydrogen) atoms. The lowest BCUT2D eigenvalue weighted by atomic mass is 9.91. The van der Waals surface area contributed by atoms with Crippen molar-refractivity contribution in [3.63, 3.8) is 0 Å². The van der Waals surface area contributed by atoms with Crippen LogP contribution in [0.5, 0.6) is 0 Å². The van der Waals surface area contributed by atoms with Gasteiger partial charge in [0, 0.05) is 44.0 Å². The summed E-state index contributed by atoms with van der Waals surface area (Å²) in [4.78, 5) is 5.69. The summed E-state index contributed by atoms with van der Waals surface area (Å²) in [7, 11) is 0. The molecule has 326 valence electrons. The Morgan fingerprint density at radius 1 is 0.229 bits per heavy atom. The van der Waals surface area contributed by atoms with Crippen molar-refractivity contribution in [1.82, 2.24) is 14.1 Å². The van der Waals surface area contributed by atoms with Gasteiger partial charge < -0.3 is 9.13 Å². The second kappa shape index (κ2) is 16.2. The Balaban J connectivity index is 1.05. The smallest absolute Gasteiger partial charge is 0.0716 e. The Bertz CT molecular complexity index is 4330.